The second-order valence-electron chi connectivity index (χ2n) is 5.27. The molecular weight excluding hydrogens is 320 g/mol. The van der Waals surface area contributed by atoms with E-state index in [-0.39, 0.29) is 5.91 Å². The number of amides is 1. The summed E-state index contributed by atoms with van der Waals surface area (Å²) in [6, 6.07) is 14.3. The standard InChI is InChI=1S/C19H20N2O4/c1-13(25-17-9-8-14(11-20)10-18(17)24-3)19(22)21-12-15-6-4-5-7-16(15)23-2/h4-10,13H,12H2,1-3H3,(H,21,22). The summed E-state index contributed by atoms with van der Waals surface area (Å²) < 4.78 is 16.1. The van der Waals surface area contributed by atoms with E-state index in [2.05, 4.69) is 5.32 Å². The summed E-state index contributed by atoms with van der Waals surface area (Å²) in [7, 11) is 3.07. The minimum absolute atomic E-state index is 0.266. The molecule has 0 bridgehead atoms. The molecule has 1 amide bonds. The highest BCUT2D eigenvalue weighted by Gasteiger charge is 2.17. The van der Waals surface area contributed by atoms with Gasteiger partial charge >= 0.3 is 0 Å². The smallest absolute Gasteiger partial charge is 0.261 e. The largest absolute Gasteiger partial charge is 0.496 e. The molecule has 1 N–H and O–H groups in total. The molecule has 0 aliphatic carbocycles. The maximum absolute atomic E-state index is 12.3. The molecule has 25 heavy (non-hydrogen) atoms. The number of hydrogen-bond acceptors (Lipinski definition) is 5. The van der Waals surface area contributed by atoms with E-state index in [1.807, 2.05) is 30.3 Å². The Morgan fingerprint density at radius 3 is 2.52 bits per heavy atom. The molecule has 0 heterocycles. The second-order valence-corrected chi connectivity index (χ2v) is 5.27. The van der Waals surface area contributed by atoms with Crippen LogP contribution in [-0.2, 0) is 11.3 Å². The van der Waals surface area contributed by atoms with Gasteiger partial charge in [-0.1, -0.05) is 18.2 Å². The molecule has 0 spiro atoms. The number of para-hydroxylation sites is 1. The van der Waals surface area contributed by atoms with E-state index >= 15 is 0 Å². The van der Waals surface area contributed by atoms with Crippen molar-refractivity contribution in [2.75, 3.05) is 14.2 Å². The minimum Gasteiger partial charge on any atom is -0.496 e. The lowest BCUT2D eigenvalue weighted by Gasteiger charge is -2.17. The van der Waals surface area contributed by atoms with E-state index in [1.54, 1.807) is 32.2 Å². The van der Waals surface area contributed by atoms with Crippen LogP contribution in [0.1, 0.15) is 18.1 Å². The van der Waals surface area contributed by atoms with Crippen molar-refractivity contribution < 1.29 is 19.0 Å². The highest BCUT2D eigenvalue weighted by atomic mass is 16.5. The molecule has 2 aromatic carbocycles. The highest BCUT2D eigenvalue weighted by Crippen LogP contribution is 2.28. The molecule has 1 atom stereocenters. The summed E-state index contributed by atoms with van der Waals surface area (Å²) in [5.41, 5.74) is 1.33. The predicted molar refractivity (Wildman–Crippen MR) is 92.6 cm³/mol. The van der Waals surface area contributed by atoms with Crippen LogP contribution in [0.2, 0.25) is 0 Å². The molecule has 0 saturated heterocycles. The van der Waals surface area contributed by atoms with Crippen LogP contribution < -0.4 is 19.5 Å². The molecule has 6 heteroatoms. The third kappa shape index (κ3) is 4.64. The number of methoxy groups -OCH3 is 2. The Bertz CT molecular complexity index is 783. The summed E-state index contributed by atoms with van der Waals surface area (Å²) in [6.07, 6.45) is -0.725. The van der Waals surface area contributed by atoms with Gasteiger partial charge in [0.05, 0.1) is 25.9 Å². The maximum Gasteiger partial charge on any atom is 0.261 e. The summed E-state index contributed by atoms with van der Waals surface area (Å²) in [4.78, 5) is 12.3. The van der Waals surface area contributed by atoms with Crippen molar-refractivity contribution in [3.05, 3.63) is 53.6 Å². The van der Waals surface area contributed by atoms with Crippen LogP contribution in [0.4, 0.5) is 0 Å². The number of benzene rings is 2. The molecule has 0 fully saturated rings. The minimum atomic E-state index is -0.725. The lowest BCUT2D eigenvalue weighted by atomic mass is 10.2. The number of carbonyl (C=O) groups excluding carboxylic acids is 1. The molecular formula is C19H20N2O4. The molecule has 0 saturated carbocycles. The molecule has 0 aliphatic heterocycles. The van der Waals surface area contributed by atoms with Gasteiger partial charge < -0.3 is 19.5 Å². The zero-order valence-corrected chi connectivity index (χ0v) is 14.4. The van der Waals surface area contributed by atoms with Crippen molar-refractivity contribution in [1.82, 2.24) is 5.32 Å². The van der Waals surface area contributed by atoms with Crippen molar-refractivity contribution in [2.24, 2.45) is 0 Å². The van der Waals surface area contributed by atoms with E-state index in [9.17, 15) is 4.79 Å². The number of nitrogens with zero attached hydrogens (tertiary/aromatic N) is 1. The normalized spacial score (nSPS) is 11.1. The van der Waals surface area contributed by atoms with Crippen LogP contribution in [0.25, 0.3) is 0 Å². The van der Waals surface area contributed by atoms with Gasteiger partial charge in [0.25, 0.3) is 5.91 Å². The Hall–Kier alpha value is -3.20. The zero-order chi connectivity index (χ0) is 18.2. The number of hydrogen-bond donors (Lipinski definition) is 1. The Labute approximate surface area is 146 Å². The van der Waals surface area contributed by atoms with E-state index < -0.39 is 6.10 Å². The summed E-state index contributed by atoms with van der Waals surface area (Å²) >= 11 is 0. The lowest BCUT2D eigenvalue weighted by molar-refractivity contribution is -0.127. The number of nitrogens with one attached hydrogen (secondary N) is 1. The predicted octanol–water partition coefficient (Wildman–Crippen LogP) is 2.66. The summed E-state index contributed by atoms with van der Waals surface area (Å²) in [5.74, 6) is 1.26. The quantitative estimate of drug-likeness (QED) is 0.838. The monoisotopic (exact) mass is 340 g/mol. The molecule has 2 aromatic rings. The molecule has 0 radical (unpaired) electrons. The average Bonchev–Trinajstić information content (AvgIpc) is 2.66. The van der Waals surface area contributed by atoms with Crippen LogP contribution in [0.5, 0.6) is 17.2 Å². The van der Waals surface area contributed by atoms with Gasteiger partial charge in [-0.25, -0.2) is 0 Å². The first-order valence-corrected chi connectivity index (χ1v) is 7.73. The molecule has 0 aromatic heterocycles. The fraction of sp³-hybridized carbons (Fsp3) is 0.263. The summed E-state index contributed by atoms with van der Waals surface area (Å²) in [6.45, 7) is 1.98. The average molecular weight is 340 g/mol. The van der Waals surface area contributed by atoms with Crippen molar-refractivity contribution >= 4 is 5.91 Å². The maximum atomic E-state index is 12.3. The molecule has 130 valence electrons. The van der Waals surface area contributed by atoms with Gasteiger partial charge in [0.15, 0.2) is 17.6 Å². The number of nitriles is 1. The van der Waals surface area contributed by atoms with Crippen molar-refractivity contribution in [1.29, 1.82) is 5.26 Å². The second kappa shape index (κ2) is 8.60. The SMILES string of the molecule is COc1ccccc1CNC(=O)C(C)Oc1ccc(C#N)cc1OC. The number of carbonyl (C=O) groups is 1. The van der Waals surface area contributed by atoms with Crippen LogP contribution in [-0.4, -0.2) is 26.2 Å². The van der Waals surface area contributed by atoms with Gasteiger partial charge in [-0.05, 0) is 25.1 Å². The van der Waals surface area contributed by atoms with E-state index in [0.717, 1.165) is 5.56 Å². The van der Waals surface area contributed by atoms with Gasteiger partial charge in [-0.15, -0.1) is 0 Å². The molecule has 1 unspecified atom stereocenters. The first kappa shape index (κ1) is 18.1. The summed E-state index contributed by atoms with van der Waals surface area (Å²) in [5, 5.41) is 11.7. The van der Waals surface area contributed by atoms with Crippen LogP contribution in [0, 0.1) is 11.3 Å². The van der Waals surface area contributed by atoms with Crippen molar-refractivity contribution in [3.63, 3.8) is 0 Å². The topological polar surface area (TPSA) is 80.6 Å². The third-order valence-corrected chi connectivity index (χ3v) is 3.61. The number of rotatable bonds is 7. The van der Waals surface area contributed by atoms with Gasteiger partial charge in [0.1, 0.15) is 5.75 Å². The van der Waals surface area contributed by atoms with E-state index in [0.29, 0.717) is 29.4 Å². The Balaban J connectivity index is 2.00. The van der Waals surface area contributed by atoms with Crippen LogP contribution in [0.15, 0.2) is 42.5 Å². The molecule has 6 nitrogen and oxygen atoms in total. The van der Waals surface area contributed by atoms with Gasteiger partial charge in [-0.2, -0.15) is 5.26 Å². The fourth-order valence-electron chi connectivity index (χ4n) is 2.25. The first-order valence-electron chi connectivity index (χ1n) is 7.73. The van der Waals surface area contributed by atoms with Gasteiger partial charge in [0.2, 0.25) is 0 Å². The van der Waals surface area contributed by atoms with Crippen LogP contribution in [0.3, 0.4) is 0 Å². The lowest BCUT2D eigenvalue weighted by Crippen LogP contribution is -2.36. The highest BCUT2D eigenvalue weighted by molar-refractivity contribution is 5.80. The van der Waals surface area contributed by atoms with Gasteiger partial charge in [-0.3, -0.25) is 4.79 Å². The Morgan fingerprint density at radius 2 is 1.84 bits per heavy atom. The first-order chi connectivity index (χ1) is 12.1. The molecule has 2 rings (SSSR count). The van der Waals surface area contributed by atoms with Crippen molar-refractivity contribution in [2.45, 2.75) is 19.6 Å². The number of ether oxygens (including phenoxy) is 3. The van der Waals surface area contributed by atoms with Crippen molar-refractivity contribution in [3.8, 4) is 23.3 Å². The molecule has 0 aliphatic rings. The van der Waals surface area contributed by atoms with E-state index in [4.69, 9.17) is 19.5 Å². The van der Waals surface area contributed by atoms with Crippen LogP contribution >= 0.6 is 0 Å². The van der Waals surface area contributed by atoms with E-state index in [1.165, 1.54) is 7.11 Å². The zero-order valence-electron chi connectivity index (χ0n) is 14.4. The van der Waals surface area contributed by atoms with Gasteiger partial charge in [0, 0.05) is 18.2 Å². The third-order valence-electron chi connectivity index (χ3n) is 3.61. The Kier molecular flexibility index (Phi) is 6.24. The fourth-order valence-corrected chi connectivity index (χ4v) is 2.25. The Morgan fingerprint density at radius 1 is 1.12 bits per heavy atom.